The van der Waals surface area contributed by atoms with E-state index in [0.29, 0.717) is 6.04 Å². The summed E-state index contributed by atoms with van der Waals surface area (Å²) >= 11 is 0. The number of hydrogen-bond donors (Lipinski definition) is 0. The van der Waals surface area contributed by atoms with Gasteiger partial charge in [-0.2, -0.15) is 4.98 Å². The summed E-state index contributed by atoms with van der Waals surface area (Å²) in [7, 11) is 1.77. The molecule has 186 valence electrons. The molecule has 1 atom stereocenters. The topological polar surface area (TPSA) is 41.5 Å². The van der Waals surface area contributed by atoms with Crippen molar-refractivity contribution in [2.45, 2.75) is 91.1 Å². The van der Waals surface area contributed by atoms with Crippen molar-refractivity contribution in [2.24, 2.45) is 0 Å². The lowest BCUT2D eigenvalue weighted by atomic mass is 9.95. The predicted octanol–water partition coefficient (Wildman–Crippen LogP) is 5.99. The number of rotatable bonds is 9. The van der Waals surface area contributed by atoms with Crippen molar-refractivity contribution in [3.8, 4) is 17.3 Å². The van der Waals surface area contributed by atoms with Crippen LogP contribution in [-0.4, -0.2) is 59.1 Å². The second-order valence-electron chi connectivity index (χ2n) is 10.0. The zero-order chi connectivity index (χ0) is 24.1. The van der Waals surface area contributed by atoms with Gasteiger partial charge in [0.15, 0.2) is 5.82 Å². The molecule has 2 heterocycles. The average molecular weight is 465 g/mol. The van der Waals surface area contributed by atoms with Crippen LogP contribution in [0.2, 0.25) is 0 Å². The molecule has 2 fully saturated rings. The van der Waals surface area contributed by atoms with Crippen molar-refractivity contribution >= 4 is 0 Å². The van der Waals surface area contributed by atoms with Gasteiger partial charge in [0.2, 0.25) is 5.88 Å². The smallest absolute Gasteiger partial charge is 0.221 e. The molecule has 1 aromatic heterocycles. The van der Waals surface area contributed by atoms with Crippen LogP contribution in [0.4, 0.5) is 0 Å². The highest BCUT2D eigenvalue weighted by molar-refractivity contribution is 5.66. The first kappa shape index (κ1) is 25.1. The molecule has 1 saturated carbocycles. The van der Waals surface area contributed by atoms with Gasteiger partial charge in [-0.3, -0.25) is 9.80 Å². The highest BCUT2D eigenvalue weighted by Gasteiger charge is 2.32. The summed E-state index contributed by atoms with van der Waals surface area (Å²) in [6.45, 7) is 13.4. The van der Waals surface area contributed by atoms with Gasteiger partial charge < -0.3 is 4.74 Å². The highest BCUT2D eigenvalue weighted by Crippen LogP contribution is 2.37. The summed E-state index contributed by atoms with van der Waals surface area (Å²) in [6.07, 6.45) is 9.78. The van der Waals surface area contributed by atoms with E-state index < -0.39 is 0 Å². The number of methoxy groups -OCH3 is 1. The molecule has 0 bridgehead atoms. The zero-order valence-corrected chi connectivity index (χ0v) is 22.1. The number of ether oxygens (including phenoxy) is 1. The van der Waals surface area contributed by atoms with Crippen LogP contribution in [0.25, 0.3) is 11.4 Å². The number of aromatic nitrogens is 2. The molecule has 0 N–H and O–H groups in total. The fourth-order valence-electron chi connectivity index (χ4n) is 6.20. The minimum Gasteiger partial charge on any atom is -0.481 e. The van der Waals surface area contributed by atoms with Gasteiger partial charge in [-0.25, -0.2) is 4.98 Å². The molecule has 1 unspecified atom stereocenters. The van der Waals surface area contributed by atoms with Gasteiger partial charge in [-0.1, -0.05) is 58.2 Å². The third kappa shape index (κ3) is 5.16. The molecule has 4 rings (SSSR count). The Labute approximate surface area is 206 Å². The van der Waals surface area contributed by atoms with E-state index in [1.165, 1.54) is 61.0 Å². The summed E-state index contributed by atoms with van der Waals surface area (Å²) in [5, 5.41) is 0. The van der Waals surface area contributed by atoms with Crippen molar-refractivity contribution < 1.29 is 4.74 Å². The fourth-order valence-corrected chi connectivity index (χ4v) is 6.20. The molecule has 0 spiro atoms. The molecule has 1 aromatic carbocycles. The van der Waals surface area contributed by atoms with Crippen molar-refractivity contribution in [3.05, 3.63) is 40.6 Å². The largest absolute Gasteiger partial charge is 0.481 e. The van der Waals surface area contributed by atoms with E-state index >= 15 is 0 Å². The maximum absolute atomic E-state index is 5.97. The van der Waals surface area contributed by atoms with Gasteiger partial charge in [-0.15, -0.1) is 0 Å². The molecular weight excluding hydrogens is 420 g/mol. The Hall–Kier alpha value is -1.98. The Morgan fingerprint density at radius 1 is 0.971 bits per heavy atom. The third-order valence-corrected chi connectivity index (χ3v) is 8.04. The lowest BCUT2D eigenvalue weighted by Gasteiger charge is -2.42. The Bertz CT molecular complexity index is 923. The fraction of sp³-hybridized carbons (Fsp3) is 0.655. The molecular formula is C29H44N4O. The Balaban J connectivity index is 1.65. The van der Waals surface area contributed by atoms with Crippen LogP contribution < -0.4 is 4.74 Å². The highest BCUT2D eigenvalue weighted by atomic mass is 16.5. The number of nitrogens with zero attached hydrogens (tertiary/aromatic N) is 4. The molecule has 1 aliphatic carbocycles. The average Bonchev–Trinajstić information content (AvgIpc) is 3.42. The molecule has 2 aliphatic rings. The summed E-state index contributed by atoms with van der Waals surface area (Å²) in [6, 6.07) is 7.69. The number of hydrogen-bond acceptors (Lipinski definition) is 5. The Morgan fingerprint density at radius 3 is 2.18 bits per heavy atom. The summed E-state index contributed by atoms with van der Waals surface area (Å²) in [5.74, 6) is 1.57. The van der Waals surface area contributed by atoms with E-state index in [4.69, 9.17) is 14.7 Å². The summed E-state index contributed by atoms with van der Waals surface area (Å²) < 4.78 is 5.97. The monoisotopic (exact) mass is 464 g/mol. The lowest BCUT2D eigenvalue weighted by molar-refractivity contribution is 0.0655. The summed E-state index contributed by atoms with van der Waals surface area (Å²) in [5.41, 5.74) is 6.06. The number of piperazine rings is 1. The Kier molecular flexibility index (Phi) is 8.60. The van der Waals surface area contributed by atoms with Crippen molar-refractivity contribution in [1.82, 2.24) is 19.8 Å². The summed E-state index contributed by atoms with van der Waals surface area (Å²) in [4.78, 5) is 15.6. The second kappa shape index (κ2) is 11.6. The minimum atomic E-state index is 0.312. The Morgan fingerprint density at radius 2 is 1.62 bits per heavy atom. The number of aryl methyl sites for hydroxylation is 3. The van der Waals surface area contributed by atoms with E-state index in [9.17, 15) is 0 Å². The van der Waals surface area contributed by atoms with Gasteiger partial charge in [0.1, 0.15) is 0 Å². The first-order valence-corrected chi connectivity index (χ1v) is 13.6. The molecule has 5 nitrogen and oxygen atoms in total. The van der Waals surface area contributed by atoms with Crippen LogP contribution in [0.5, 0.6) is 5.88 Å². The van der Waals surface area contributed by atoms with Crippen LogP contribution in [-0.2, 0) is 12.8 Å². The van der Waals surface area contributed by atoms with Gasteiger partial charge >= 0.3 is 0 Å². The first-order chi connectivity index (χ1) is 16.6. The quantitative estimate of drug-likeness (QED) is 0.456. The minimum absolute atomic E-state index is 0.312. The van der Waals surface area contributed by atoms with Crippen LogP contribution in [0.3, 0.4) is 0 Å². The molecule has 1 aliphatic heterocycles. The van der Waals surface area contributed by atoms with Crippen LogP contribution in [0.15, 0.2) is 18.2 Å². The first-order valence-electron chi connectivity index (χ1n) is 13.6. The van der Waals surface area contributed by atoms with Crippen molar-refractivity contribution in [1.29, 1.82) is 0 Å². The molecule has 34 heavy (non-hydrogen) atoms. The van der Waals surface area contributed by atoms with E-state index in [1.54, 1.807) is 7.11 Å². The standard InChI is InChI=1S/C29H44N4O/c1-6-12-25(33-19-17-32(18-20-33)24-15-9-10-16-24)26-21(4)30-28(31-29(26)34-5)27-22(7-2)13-11-14-23(27)8-3/h11,13-14,24-25H,6-10,12,15-20H2,1-5H3. The van der Waals surface area contributed by atoms with E-state index in [0.717, 1.165) is 62.2 Å². The maximum Gasteiger partial charge on any atom is 0.221 e. The molecule has 0 amide bonds. The third-order valence-electron chi connectivity index (χ3n) is 8.04. The van der Waals surface area contributed by atoms with Gasteiger partial charge in [0, 0.05) is 43.8 Å². The number of benzene rings is 1. The maximum atomic E-state index is 5.97. The molecule has 0 radical (unpaired) electrons. The lowest BCUT2D eigenvalue weighted by Crippen LogP contribution is -2.50. The zero-order valence-electron chi connectivity index (χ0n) is 22.1. The van der Waals surface area contributed by atoms with Gasteiger partial charge in [0.05, 0.1) is 18.4 Å². The van der Waals surface area contributed by atoms with Gasteiger partial charge in [0.25, 0.3) is 0 Å². The normalized spacial score (nSPS) is 19.0. The van der Waals surface area contributed by atoms with Crippen LogP contribution in [0, 0.1) is 6.92 Å². The molecule has 5 heteroatoms. The molecule has 1 saturated heterocycles. The van der Waals surface area contributed by atoms with Gasteiger partial charge in [-0.05, 0) is 50.2 Å². The van der Waals surface area contributed by atoms with Crippen LogP contribution >= 0.6 is 0 Å². The second-order valence-corrected chi connectivity index (χ2v) is 10.0. The SMILES string of the molecule is CCCC(c1c(C)nc(-c2c(CC)cccc2CC)nc1OC)N1CCN(C2CCCC2)CC1. The predicted molar refractivity (Wildman–Crippen MR) is 141 cm³/mol. The van der Waals surface area contributed by atoms with E-state index in [-0.39, 0.29) is 0 Å². The molecule has 2 aromatic rings. The van der Waals surface area contributed by atoms with E-state index in [2.05, 4.69) is 55.7 Å². The van der Waals surface area contributed by atoms with Crippen molar-refractivity contribution in [2.75, 3.05) is 33.3 Å². The van der Waals surface area contributed by atoms with Crippen LogP contribution in [0.1, 0.15) is 87.7 Å². The van der Waals surface area contributed by atoms with Crippen molar-refractivity contribution in [3.63, 3.8) is 0 Å². The van der Waals surface area contributed by atoms with E-state index in [1.807, 2.05) is 0 Å².